The van der Waals surface area contributed by atoms with E-state index in [9.17, 15) is 4.79 Å². The quantitative estimate of drug-likeness (QED) is 0.684. The lowest BCUT2D eigenvalue weighted by atomic mass is 10.1. The normalized spacial score (nSPS) is 11.6. The maximum Gasteiger partial charge on any atom is 0.254 e. The van der Waals surface area contributed by atoms with Gasteiger partial charge in [-0.25, -0.2) is 4.68 Å². The molecule has 0 bridgehead atoms. The molecule has 0 aliphatic heterocycles. The first-order valence-electron chi connectivity index (χ1n) is 9.65. The highest BCUT2D eigenvalue weighted by Crippen LogP contribution is 2.16. The molecule has 0 aliphatic rings. The van der Waals surface area contributed by atoms with Crippen molar-refractivity contribution in [3.8, 4) is 11.4 Å². The Morgan fingerprint density at radius 3 is 2.44 bits per heavy atom. The zero-order chi connectivity index (χ0) is 19.9. The molecular weight excluding hydrogens is 340 g/mol. The predicted octanol–water partition coefficient (Wildman–Crippen LogP) is 3.51. The van der Waals surface area contributed by atoms with E-state index < -0.39 is 0 Å². The van der Waals surface area contributed by atoms with Crippen LogP contribution in [0.25, 0.3) is 5.69 Å². The maximum atomic E-state index is 12.2. The highest BCUT2D eigenvalue weighted by molar-refractivity contribution is 5.94. The molecule has 1 N–H and O–H groups in total. The van der Waals surface area contributed by atoms with E-state index in [-0.39, 0.29) is 11.4 Å². The molecule has 1 aromatic heterocycles. The minimum atomic E-state index is -0.274. The molecule has 1 aromatic carbocycles. The van der Waals surface area contributed by atoms with Gasteiger partial charge in [-0.1, -0.05) is 13.8 Å². The van der Waals surface area contributed by atoms with Gasteiger partial charge in [0, 0.05) is 18.3 Å². The summed E-state index contributed by atoms with van der Waals surface area (Å²) >= 11 is 0. The number of hydrogen-bond donors (Lipinski definition) is 1. The zero-order valence-electron chi connectivity index (χ0n) is 17.2. The lowest BCUT2D eigenvalue weighted by molar-refractivity contribution is 0.0919. The lowest BCUT2D eigenvalue weighted by Crippen LogP contribution is -2.40. The fourth-order valence-corrected chi connectivity index (χ4v) is 2.71. The number of nitrogens with zero attached hydrogens (tertiary/aromatic N) is 3. The molecule has 0 saturated carbocycles. The van der Waals surface area contributed by atoms with Crippen molar-refractivity contribution in [1.82, 2.24) is 20.0 Å². The Hall–Kier alpha value is -2.34. The van der Waals surface area contributed by atoms with Crippen LogP contribution in [-0.2, 0) is 0 Å². The van der Waals surface area contributed by atoms with Gasteiger partial charge in [-0.15, -0.1) is 0 Å². The molecule has 1 amide bonds. The topological polar surface area (TPSA) is 59.4 Å². The number of hydrogen-bond acceptors (Lipinski definition) is 4. The molecule has 2 aromatic rings. The third-order valence-corrected chi connectivity index (χ3v) is 4.22. The highest BCUT2D eigenvalue weighted by Gasteiger charge is 2.16. The number of ether oxygens (including phenoxy) is 1. The fraction of sp³-hybridized carbons (Fsp3) is 0.524. The van der Waals surface area contributed by atoms with Crippen molar-refractivity contribution in [2.45, 2.75) is 46.6 Å². The smallest absolute Gasteiger partial charge is 0.254 e. The monoisotopic (exact) mass is 372 g/mol. The Morgan fingerprint density at radius 2 is 1.85 bits per heavy atom. The molecule has 0 unspecified atom stereocenters. The van der Waals surface area contributed by atoms with E-state index in [1.165, 1.54) is 0 Å². The van der Waals surface area contributed by atoms with E-state index in [2.05, 4.69) is 29.2 Å². The Labute approximate surface area is 162 Å². The van der Waals surface area contributed by atoms with E-state index in [1.54, 1.807) is 17.1 Å². The molecule has 0 saturated heterocycles. The van der Waals surface area contributed by atoms with Gasteiger partial charge in [-0.05, 0) is 64.5 Å². The average Bonchev–Trinajstić information content (AvgIpc) is 3.11. The van der Waals surface area contributed by atoms with Crippen LogP contribution < -0.4 is 10.1 Å². The van der Waals surface area contributed by atoms with Gasteiger partial charge in [0.1, 0.15) is 5.75 Å². The van der Waals surface area contributed by atoms with Crippen molar-refractivity contribution in [1.29, 1.82) is 0 Å². The van der Waals surface area contributed by atoms with E-state index in [1.807, 2.05) is 45.0 Å². The molecular formula is C21H32N4O2. The molecule has 0 aliphatic carbocycles. The summed E-state index contributed by atoms with van der Waals surface area (Å²) in [6, 6.07) is 7.75. The van der Waals surface area contributed by atoms with Gasteiger partial charge >= 0.3 is 0 Å². The van der Waals surface area contributed by atoms with Gasteiger partial charge in [0.25, 0.3) is 5.91 Å². The molecule has 0 atom stereocenters. The minimum absolute atomic E-state index is 0.123. The third kappa shape index (κ3) is 6.71. The van der Waals surface area contributed by atoms with Crippen LogP contribution in [0.4, 0.5) is 0 Å². The average molecular weight is 373 g/mol. The first-order chi connectivity index (χ1) is 12.8. The number of nitrogens with one attached hydrogen (secondary N) is 1. The predicted molar refractivity (Wildman–Crippen MR) is 109 cm³/mol. The molecule has 2 rings (SSSR count). The molecule has 6 nitrogen and oxygen atoms in total. The number of rotatable bonds is 9. The first-order valence-corrected chi connectivity index (χ1v) is 9.65. The van der Waals surface area contributed by atoms with Gasteiger partial charge in [0.2, 0.25) is 0 Å². The molecule has 0 radical (unpaired) electrons. The van der Waals surface area contributed by atoms with Crippen molar-refractivity contribution in [2.24, 2.45) is 0 Å². The van der Waals surface area contributed by atoms with Crippen LogP contribution in [-0.4, -0.2) is 52.4 Å². The first kappa shape index (κ1) is 21.0. The summed E-state index contributed by atoms with van der Waals surface area (Å²) in [5, 5.41) is 7.23. The van der Waals surface area contributed by atoms with Crippen LogP contribution in [0, 0.1) is 0 Å². The van der Waals surface area contributed by atoms with Crippen molar-refractivity contribution < 1.29 is 9.53 Å². The Kier molecular flexibility index (Phi) is 7.42. The second-order valence-electron chi connectivity index (χ2n) is 7.60. The summed E-state index contributed by atoms with van der Waals surface area (Å²) in [7, 11) is 0. The third-order valence-electron chi connectivity index (χ3n) is 4.22. The van der Waals surface area contributed by atoms with Crippen LogP contribution >= 0.6 is 0 Å². The largest absolute Gasteiger partial charge is 0.494 e. The number of aromatic nitrogens is 2. The summed E-state index contributed by atoms with van der Waals surface area (Å²) in [5.74, 6) is 0.720. The minimum Gasteiger partial charge on any atom is -0.494 e. The highest BCUT2D eigenvalue weighted by atomic mass is 16.5. The molecule has 0 fully saturated rings. The molecule has 6 heteroatoms. The van der Waals surface area contributed by atoms with Gasteiger partial charge < -0.3 is 15.0 Å². The van der Waals surface area contributed by atoms with Crippen molar-refractivity contribution in [3.63, 3.8) is 0 Å². The maximum absolute atomic E-state index is 12.2. The second-order valence-corrected chi connectivity index (χ2v) is 7.60. The van der Waals surface area contributed by atoms with E-state index in [0.717, 1.165) is 37.5 Å². The Morgan fingerprint density at radius 1 is 1.19 bits per heavy atom. The van der Waals surface area contributed by atoms with Crippen LogP contribution in [0.15, 0.2) is 36.7 Å². The Balaban J connectivity index is 1.89. The lowest BCUT2D eigenvalue weighted by Gasteiger charge is -2.19. The number of amides is 1. The SMILES string of the molecule is CCN(CC)CCCOc1ccc(-n2cc(C(=O)NC(C)(C)C)cn2)cc1. The molecule has 1 heterocycles. The summed E-state index contributed by atoms with van der Waals surface area (Å²) in [6.45, 7) is 14.1. The number of carbonyl (C=O) groups excluding carboxylic acids is 1. The standard InChI is InChI=1S/C21H32N4O2/c1-6-24(7-2)13-8-14-27-19-11-9-18(10-12-19)25-16-17(15-22-25)20(26)23-21(3,4)5/h9-12,15-16H,6-8,13-14H2,1-5H3,(H,23,26). The summed E-state index contributed by atoms with van der Waals surface area (Å²) in [6.07, 6.45) is 4.33. The van der Waals surface area contributed by atoms with E-state index in [0.29, 0.717) is 12.2 Å². The van der Waals surface area contributed by atoms with Crippen molar-refractivity contribution in [3.05, 3.63) is 42.2 Å². The summed E-state index contributed by atoms with van der Waals surface area (Å²) in [5.41, 5.74) is 1.16. The number of carbonyl (C=O) groups is 1. The summed E-state index contributed by atoms with van der Waals surface area (Å²) in [4.78, 5) is 14.6. The van der Waals surface area contributed by atoms with Crippen LogP contribution in [0.3, 0.4) is 0 Å². The number of benzene rings is 1. The zero-order valence-corrected chi connectivity index (χ0v) is 17.2. The van der Waals surface area contributed by atoms with Crippen molar-refractivity contribution in [2.75, 3.05) is 26.2 Å². The van der Waals surface area contributed by atoms with Crippen LogP contribution in [0.5, 0.6) is 5.75 Å². The van der Waals surface area contributed by atoms with Crippen LogP contribution in [0.2, 0.25) is 0 Å². The van der Waals surface area contributed by atoms with E-state index in [4.69, 9.17) is 4.74 Å². The Bertz CT molecular complexity index is 713. The van der Waals surface area contributed by atoms with Gasteiger partial charge in [-0.2, -0.15) is 5.10 Å². The van der Waals surface area contributed by atoms with Gasteiger partial charge in [0.05, 0.1) is 24.1 Å². The molecule has 27 heavy (non-hydrogen) atoms. The summed E-state index contributed by atoms with van der Waals surface area (Å²) < 4.78 is 7.51. The van der Waals surface area contributed by atoms with Crippen LogP contribution in [0.1, 0.15) is 51.4 Å². The fourth-order valence-electron chi connectivity index (χ4n) is 2.71. The molecule has 148 valence electrons. The van der Waals surface area contributed by atoms with Crippen molar-refractivity contribution >= 4 is 5.91 Å². The van der Waals surface area contributed by atoms with Gasteiger partial charge in [-0.3, -0.25) is 4.79 Å². The van der Waals surface area contributed by atoms with E-state index >= 15 is 0 Å². The second kappa shape index (κ2) is 9.55. The van der Waals surface area contributed by atoms with Gasteiger partial charge in [0.15, 0.2) is 0 Å². The molecule has 0 spiro atoms.